The summed E-state index contributed by atoms with van der Waals surface area (Å²) in [4.78, 5) is 35.0. The largest absolute Gasteiger partial charge is 0.471 e. The van der Waals surface area contributed by atoms with Crippen molar-refractivity contribution in [3.8, 4) is 0 Å². The van der Waals surface area contributed by atoms with Gasteiger partial charge >= 0.3 is 5.97 Å². The van der Waals surface area contributed by atoms with Gasteiger partial charge in [-0.2, -0.15) is 0 Å². The van der Waals surface area contributed by atoms with Crippen molar-refractivity contribution in [3.63, 3.8) is 0 Å². The molecule has 1 aliphatic heterocycles. The van der Waals surface area contributed by atoms with Crippen LogP contribution >= 0.6 is 0 Å². The molecule has 3 atom stereocenters. The van der Waals surface area contributed by atoms with Gasteiger partial charge in [0.05, 0.1) is 14.2 Å². The first-order valence-corrected chi connectivity index (χ1v) is 9.11. The van der Waals surface area contributed by atoms with Gasteiger partial charge in [-0.1, -0.05) is 30.3 Å². The number of nitrogens with zero attached hydrogens (tertiary/aromatic N) is 1. The number of carbonyl (C=O) groups excluding carboxylic acids is 3. The minimum atomic E-state index is -0.642. The maximum atomic E-state index is 12.6. The zero-order chi connectivity index (χ0) is 19.9. The van der Waals surface area contributed by atoms with Gasteiger partial charge in [0.25, 0.3) is 6.47 Å². The highest BCUT2D eigenvalue weighted by molar-refractivity contribution is 5.81. The third kappa shape index (κ3) is 3.69. The van der Waals surface area contributed by atoms with Crippen molar-refractivity contribution in [2.45, 2.75) is 44.3 Å². The molecule has 1 N–H and O–H groups in total. The topological polar surface area (TPSA) is 84.9 Å². The maximum absolute atomic E-state index is 12.6. The van der Waals surface area contributed by atoms with Crippen LogP contribution < -0.4 is 5.32 Å². The van der Waals surface area contributed by atoms with Crippen LogP contribution in [0.4, 0.5) is 0 Å². The molecular formula is C20H28N2O5. The number of amides is 1. The predicted octanol–water partition coefficient (Wildman–Crippen LogP) is 2.03. The second-order valence-electron chi connectivity index (χ2n) is 6.94. The Bertz CT molecular complexity index is 653. The fourth-order valence-corrected chi connectivity index (χ4v) is 4.53. The number of fused-ring (bicyclic) bond motifs is 1. The van der Waals surface area contributed by atoms with Gasteiger partial charge in [-0.25, -0.2) is 0 Å². The first-order chi connectivity index (χ1) is 13.0. The minimum absolute atomic E-state index is 0.0406. The van der Waals surface area contributed by atoms with E-state index < -0.39 is 11.1 Å². The fraction of sp³-hybridized carbons (Fsp3) is 0.550. The maximum Gasteiger partial charge on any atom is 0.315 e. The Labute approximate surface area is 160 Å². The lowest BCUT2D eigenvalue weighted by molar-refractivity contribution is -0.159. The van der Waals surface area contributed by atoms with Crippen molar-refractivity contribution >= 4 is 18.9 Å². The summed E-state index contributed by atoms with van der Waals surface area (Å²) in [5.74, 6) is -0.202. The van der Waals surface area contributed by atoms with Crippen LogP contribution in [0.3, 0.4) is 0 Å². The minimum Gasteiger partial charge on any atom is -0.471 e. The monoisotopic (exact) mass is 376 g/mol. The molecule has 3 unspecified atom stereocenters. The number of nitrogens with one attached hydrogen (secondary N) is 1. The summed E-state index contributed by atoms with van der Waals surface area (Å²) in [7, 11) is 2.75. The van der Waals surface area contributed by atoms with Gasteiger partial charge in [0.15, 0.2) is 0 Å². The van der Waals surface area contributed by atoms with E-state index >= 15 is 0 Å². The molecule has 1 saturated heterocycles. The lowest BCUT2D eigenvalue weighted by Crippen LogP contribution is -2.63. The van der Waals surface area contributed by atoms with E-state index in [2.05, 4.69) is 29.1 Å². The van der Waals surface area contributed by atoms with Crippen molar-refractivity contribution in [3.05, 3.63) is 35.9 Å². The average Bonchev–Trinajstić information content (AvgIpc) is 3.22. The van der Waals surface area contributed by atoms with E-state index in [4.69, 9.17) is 9.53 Å². The summed E-state index contributed by atoms with van der Waals surface area (Å²) in [5.41, 5.74) is -0.131. The third-order valence-corrected chi connectivity index (χ3v) is 5.76. The number of hydrogen-bond donors (Lipinski definition) is 1. The van der Waals surface area contributed by atoms with Crippen LogP contribution in [0.2, 0.25) is 0 Å². The molecule has 3 rings (SSSR count). The molecule has 1 heterocycles. The molecule has 2 fully saturated rings. The molecule has 7 heteroatoms. The third-order valence-electron chi connectivity index (χ3n) is 5.76. The lowest BCUT2D eigenvalue weighted by atomic mass is 9.77. The molecule has 0 aromatic heterocycles. The second-order valence-corrected chi connectivity index (χ2v) is 6.94. The van der Waals surface area contributed by atoms with Crippen molar-refractivity contribution in [1.82, 2.24) is 10.2 Å². The Hall–Kier alpha value is -2.41. The average molecular weight is 376 g/mol. The zero-order valence-electron chi connectivity index (χ0n) is 16.1. The summed E-state index contributed by atoms with van der Waals surface area (Å²) in [5, 5.41) is 3.62. The molecule has 0 radical (unpaired) electrons. The summed E-state index contributed by atoms with van der Waals surface area (Å²) >= 11 is 0. The number of esters is 1. The Balaban J connectivity index is 0.000000596. The Morgan fingerprint density at radius 1 is 1.19 bits per heavy atom. The summed E-state index contributed by atoms with van der Waals surface area (Å²) in [6.07, 6.45) is 3.98. The first-order valence-electron chi connectivity index (χ1n) is 9.11. The van der Waals surface area contributed by atoms with Crippen LogP contribution in [0.1, 0.15) is 44.2 Å². The number of methoxy groups -OCH3 is 2. The van der Waals surface area contributed by atoms with E-state index in [9.17, 15) is 9.59 Å². The van der Waals surface area contributed by atoms with Crippen LogP contribution in [0.15, 0.2) is 30.3 Å². The lowest BCUT2D eigenvalue weighted by Gasteiger charge is -2.44. The summed E-state index contributed by atoms with van der Waals surface area (Å²) in [6.45, 7) is 3.04. The van der Waals surface area contributed by atoms with E-state index in [1.807, 2.05) is 18.2 Å². The molecule has 0 bridgehead atoms. The molecule has 2 aliphatic rings. The van der Waals surface area contributed by atoms with E-state index in [1.54, 1.807) is 4.90 Å². The van der Waals surface area contributed by atoms with Crippen LogP contribution in [-0.2, 0) is 23.9 Å². The molecule has 148 valence electrons. The number of benzene rings is 1. The Morgan fingerprint density at radius 2 is 1.85 bits per heavy atom. The van der Waals surface area contributed by atoms with Crippen LogP contribution in [0.5, 0.6) is 0 Å². The first kappa shape index (κ1) is 20.9. The number of hydrogen-bond acceptors (Lipinski definition) is 6. The number of likely N-dealkylation sites (tertiary alicyclic amines) is 1. The molecular weight excluding hydrogens is 348 g/mol. The van der Waals surface area contributed by atoms with Crippen molar-refractivity contribution < 1.29 is 23.9 Å². The molecule has 1 amide bonds. The molecule has 1 aliphatic carbocycles. The van der Waals surface area contributed by atoms with E-state index in [0.29, 0.717) is 19.4 Å². The predicted molar refractivity (Wildman–Crippen MR) is 99.5 cm³/mol. The smallest absolute Gasteiger partial charge is 0.315 e. The van der Waals surface area contributed by atoms with Gasteiger partial charge in [-0.05, 0) is 38.2 Å². The van der Waals surface area contributed by atoms with Gasteiger partial charge in [-0.15, -0.1) is 0 Å². The van der Waals surface area contributed by atoms with Crippen LogP contribution in [0, 0.1) is 5.41 Å². The number of rotatable bonds is 6. The van der Waals surface area contributed by atoms with Gasteiger partial charge in [-0.3, -0.25) is 19.7 Å². The van der Waals surface area contributed by atoms with Crippen LogP contribution in [-0.4, -0.2) is 50.2 Å². The molecule has 27 heavy (non-hydrogen) atoms. The molecule has 1 saturated carbocycles. The Kier molecular flexibility index (Phi) is 6.96. The number of carbonyl (C=O) groups is 3. The van der Waals surface area contributed by atoms with Gasteiger partial charge in [0.1, 0.15) is 11.1 Å². The van der Waals surface area contributed by atoms with Gasteiger partial charge in [0, 0.05) is 12.6 Å². The van der Waals surface area contributed by atoms with E-state index in [0.717, 1.165) is 31.2 Å². The highest BCUT2D eigenvalue weighted by Crippen LogP contribution is 2.56. The fourth-order valence-electron chi connectivity index (χ4n) is 4.53. The molecule has 0 spiro atoms. The summed E-state index contributed by atoms with van der Waals surface area (Å²) in [6, 6.07) is 10.1. The summed E-state index contributed by atoms with van der Waals surface area (Å²) < 4.78 is 8.98. The molecule has 1 aromatic carbocycles. The zero-order valence-corrected chi connectivity index (χ0v) is 16.1. The molecule has 7 nitrogen and oxygen atoms in total. The standard InChI is InChI=1S/C18H24N2O3.C2H4O2/c1-14(15-7-4-3-5-8-15)19-18-10-6-9-17(18,16(22)23-2)11-12-20(18)13-21;1-4-2-3/h3-5,7-8,13-14,19H,6,9-12H2,1-2H3;2H,1H3. The SMILES string of the molecule is COC(=O)C12CCCC1(NC(C)c1ccccc1)N(C=O)CC2.COC=O. The van der Waals surface area contributed by atoms with Crippen molar-refractivity contribution in [2.24, 2.45) is 5.41 Å². The van der Waals surface area contributed by atoms with E-state index in [-0.39, 0.29) is 12.0 Å². The second kappa shape index (κ2) is 8.99. The number of ether oxygens (including phenoxy) is 2. The highest BCUT2D eigenvalue weighted by atomic mass is 16.5. The Morgan fingerprint density at radius 3 is 2.41 bits per heavy atom. The molecule has 1 aromatic rings. The van der Waals surface area contributed by atoms with E-state index in [1.165, 1.54) is 14.2 Å². The van der Waals surface area contributed by atoms with Crippen LogP contribution in [0.25, 0.3) is 0 Å². The van der Waals surface area contributed by atoms with Crippen molar-refractivity contribution in [2.75, 3.05) is 20.8 Å². The normalized spacial score (nSPS) is 27.0. The van der Waals surface area contributed by atoms with Gasteiger partial charge < -0.3 is 14.4 Å². The van der Waals surface area contributed by atoms with Crippen molar-refractivity contribution in [1.29, 1.82) is 0 Å². The highest BCUT2D eigenvalue weighted by Gasteiger charge is 2.66. The van der Waals surface area contributed by atoms with Gasteiger partial charge in [0.2, 0.25) is 6.41 Å². The quantitative estimate of drug-likeness (QED) is 0.604.